The van der Waals surface area contributed by atoms with Crippen molar-refractivity contribution < 1.29 is 29.0 Å². The van der Waals surface area contributed by atoms with Crippen molar-refractivity contribution in [3.8, 4) is 0 Å². The molecule has 0 unspecified atom stereocenters. The molecule has 2 aromatic rings. The molecule has 0 saturated carbocycles. The van der Waals surface area contributed by atoms with Crippen LogP contribution in [0.15, 0.2) is 30.3 Å². The van der Waals surface area contributed by atoms with Crippen molar-refractivity contribution in [1.82, 2.24) is 10.8 Å². The minimum absolute atomic E-state index is 0.109. The maximum absolute atomic E-state index is 14.3. The summed E-state index contributed by atoms with van der Waals surface area (Å²) in [6.07, 6.45) is -0.496. The lowest BCUT2D eigenvalue weighted by atomic mass is 10.0. The zero-order chi connectivity index (χ0) is 21.4. The Balaban J connectivity index is 2.38. The van der Waals surface area contributed by atoms with E-state index in [0.717, 1.165) is 0 Å². The third-order valence-corrected chi connectivity index (χ3v) is 4.54. The number of hydrogen-bond acceptors (Lipinski definition) is 7. The maximum atomic E-state index is 14.3. The summed E-state index contributed by atoms with van der Waals surface area (Å²) in [5.41, 5.74) is 3.51. The molecule has 0 aliphatic heterocycles. The Bertz CT molecular complexity index is 881. The van der Waals surface area contributed by atoms with Gasteiger partial charge in [0.25, 0.3) is 5.91 Å². The molecule has 0 spiro atoms. The topological polar surface area (TPSA) is 120 Å². The average Bonchev–Trinajstić information content (AvgIpc) is 2.70. The van der Waals surface area contributed by atoms with Crippen molar-refractivity contribution in [1.29, 1.82) is 0 Å². The second kappa shape index (κ2) is 11.2. The lowest BCUT2D eigenvalue weighted by Crippen LogP contribution is -2.30. The largest absolute Gasteiger partial charge is 0.394 e. The van der Waals surface area contributed by atoms with E-state index < -0.39 is 24.4 Å². The zero-order valence-corrected chi connectivity index (χ0v) is 17.7. The highest BCUT2D eigenvalue weighted by atomic mass is 127. The van der Waals surface area contributed by atoms with Gasteiger partial charge in [-0.15, -0.1) is 0 Å². The van der Waals surface area contributed by atoms with Crippen molar-refractivity contribution >= 4 is 46.2 Å². The molecule has 8 nitrogen and oxygen atoms in total. The van der Waals surface area contributed by atoms with Crippen LogP contribution in [0.25, 0.3) is 0 Å². The van der Waals surface area contributed by atoms with Gasteiger partial charge in [-0.3, -0.25) is 14.4 Å². The number of hydroxylamine groups is 1. The van der Waals surface area contributed by atoms with Crippen molar-refractivity contribution in [3.05, 3.63) is 56.4 Å². The Labute approximate surface area is 180 Å². The molecule has 2 rings (SSSR count). The average molecular weight is 517 g/mol. The van der Waals surface area contributed by atoms with Gasteiger partial charge in [-0.25, -0.2) is 9.87 Å². The molecule has 0 aliphatic carbocycles. The van der Waals surface area contributed by atoms with Crippen LogP contribution >= 0.6 is 22.6 Å². The third-order valence-electron chi connectivity index (χ3n) is 3.87. The Morgan fingerprint density at radius 1 is 1.31 bits per heavy atom. The van der Waals surface area contributed by atoms with Gasteiger partial charge in [0.15, 0.2) is 0 Å². The van der Waals surface area contributed by atoms with Crippen LogP contribution in [-0.4, -0.2) is 48.8 Å². The summed E-state index contributed by atoms with van der Waals surface area (Å²) in [4.78, 5) is 29.0. The van der Waals surface area contributed by atoms with Gasteiger partial charge in [0.1, 0.15) is 24.8 Å². The molecule has 29 heavy (non-hydrogen) atoms. The number of carbonyl (C=O) groups is 2. The summed E-state index contributed by atoms with van der Waals surface area (Å²) >= 11 is 1.98. The fourth-order valence-electron chi connectivity index (χ4n) is 2.45. The zero-order valence-electron chi connectivity index (χ0n) is 15.5. The number of anilines is 2. The number of rotatable bonds is 10. The summed E-state index contributed by atoms with van der Waals surface area (Å²) in [5, 5.41) is 23.8. The maximum Gasteiger partial charge on any atom is 0.276 e. The number of nitrogens with one attached hydrogen (secondary N) is 3. The molecular formula is C19H21FIN3O5. The molecule has 0 radical (unpaired) electrons. The van der Waals surface area contributed by atoms with Crippen molar-refractivity contribution in [2.75, 3.05) is 25.6 Å². The molecule has 0 heterocycles. The predicted molar refractivity (Wildman–Crippen MR) is 114 cm³/mol. The summed E-state index contributed by atoms with van der Waals surface area (Å²) in [7, 11) is 1.70. The number of aldehydes is 1. The fraction of sp³-hybridized carbons (Fsp3) is 0.263. The molecule has 1 amide bonds. The third kappa shape index (κ3) is 6.44. The molecule has 0 saturated heterocycles. The van der Waals surface area contributed by atoms with Crippen LogP contribution in [0.5, 0.6) is 0 Å². The summed E-state index contributed by atoms with van der Waals surface area (Å²) < 4.78 is 15.0. The van der Waals surface area contributed by atoms with Gasteiger partial charge in [0.05, 0.1) is 23.5 Å². The first-order valence-corrected chi connectivity index (χ1v) is 9.67. The standard InChI is InChI=1S/C19H21FIN3O5/c1-22-7-11-4-15(19(28)24-29-10-14(27)9-26)18(5-12(11)8-25)23-17-3-2-13(21)6-16(17)20/h2-6,8,14,22-23,26-27H,7,9-10H2,1H3,(H,24,28)/t14-/m1/s1. The van der Waals surface area contributed by atoms with E-state index in [-0.39, 0.29) is 23.5 Å². The Morgan fingerprint density at radius 3 is 2.69 bits per heavy atom. The van der Waals surface area contributed by atoms with Gasteiger partial charge in [0.2, 0.25) is 0 Å². The molecule has 156 valence electrons. The molecule has 0 aromatic heterocycles. The normalized spacial score (nSPS) is 11.8. The Kier molecular flexibility index (Phi) is 8.92. The number of carbonyl (C=O) groups excluding carboxylic acids is 2. The van der Waals surface area contributed by atoms with Crippen molar-refractivity contribution in [2.45, 2.75) is 12.6 Å². The first kappa shape index (κ1) is 23.2. The fourth-order valence-corrected chi connectivity index (χ4v) is 2.91. The van der Waals surface area contributed by atoms with Crippen LogP contribution in [0.3, 0.4) is 0 Å². The number of aliphatic hydroxyl groups is 2. The summed E-state index contributed by atoms with van der Waals surface area (Å²) in [5.74, 6) is -1.18. The summed E-state index contributed by atoms with van der Waals surface area (Å²) in [6.45, 7) is -0.502. The number of amides is 1. The second-order valence-corrected chi connectivity index (χ2v) is 7.32. The van der Waals surface area contributed by atoms with Crippen LogP contribution in [0.1, 0.15) is 26.3 Å². The van der Waals surface area contributed by atoms with E-state index in [1.165, 1.54) is 24.3 Å². The van der Waals surface area contributed by atoms with E-state index in [1.807, 2.05) is 22.6 Å². The minimum atomic E-state index is -1.15. The van der Waals surface area contributed by atoms with E-state index in [0.29, 0.717) is 27.5 Å². The number of halogens is 2. The Hall–Kier alpha value is -2.12. The lowest BCUT2D eigenvalue weighted by Gasteiger charge is -2.16. The quantitative estimate of drug-likeness (QED) is 0.185. The molecule has 10 heteroatoms. The van der Waals surface area contributed by atoms with E-state index in [4.69, 9.17) is 9.94 Å². The Morgan fingerprint density at radius 2 is 2.07 bits per heavy atom. The number of aliphatic hydroxyl groups excluding tert-OH is 2. The number of benzene rings is 2. The smallest absolute Gasteiger partial charge is 0.276 e. The minimum Gasteiger partial charge on any atom is -0.394 e. The lowest BCUT2D eigenvalue weighted by molar-refractivity contribution is -0.0295. The van der Waals surface area contributed by atoms with E-state index in [1.54, 1.807) is 13.1 Å². The highest BCUT2D eigenvalue weighted by molar-refractivity contribution is 14.1. The van der Waals surface area contributed by atoms with Gasteiger partial charge < -0.3 is 20.8 Å². The predicted octanol–water partition coefficient (Wildman–Crippen LogP) is 1.72. The highest BCUT2D eigenvalue weighted by Crippen LogP contribution is 2.27. The first-order chi connectivity index (χ1) is 13.9. The first-order valence-electron chi connectivity index (χ1n) is 8.59. The summed E-state index contributed by atoms with van der Waals surface area (Å²) in [6, 6.07) is 7.50. The van der Waals surface area contributed by atoms with Crippen molar-refractivity contribution in [2.24, 2.45) is 0 Å². The van der Waals surface area contributed by atoms with Gasteiger partial charge in [-0.2, -0.15) is 0 Å². The van der Waals surface area contributed by atoms with Crippen LogP contribution in [0.4, 0.5) is 15.8 Å². The van der Waals surface area contributed by atoms with Crippen LogP contribution < -0.4 is 16.1 Å². The van der Waals surface area contributed by atoms with Gasteiger partial charge in [0, 0.05) is 15.7 Å². The molecule has 0 aliphatic rings. The molecule has 0 bridgehead atoms. The molecule has 5 N–H and O–H groups in total. The van der Waals surface area contributed by atoms with Gasteiger partial charge in [-0.05, 0) is 65.5 Å². The van der Waals surface area contributed by atoms with E-state index >= 15 is 0 Å². The van der Waals surface area contributed by atoms with Crippen molar-refractivity contribution in [3.63, 3.8) is 0 Å². The monoisotopic (exact) mass is 517 g/mol. The number of hydrogen-bond donors (Lipinski definition) is 5. The second-order valence-electron chi connectivity index (χ2n) is 6.07. The van der Waals surface area contributed by atoms with Gasteiger partial charge >= 0.3 is 0 Å². The van der Waals surface area contributed by atoms with Crippen LogP contribution in [0, 0.1) is 9.39 Å². The molecule has 1 atom stereocenters. The molecular weight excluding hydrogens is 496 g/mol. The van der Waals surface area contributed by atoms with Gasteiger partial charge in [-0.1, -0.05) is 0 Å². The van der Waals surface area contributed by atoms with E-state index in [2.05, 4.69) is 16.1 Å². The van der Waals surface area contributed by atoms with E-state index in [9.17, 15) is 19.1 Å². The SMILES string of the molecule is CNCc1cc(C(=O)NOC[C@H](O)CO)c(Nc2ccc(I)cc2F)cc1C=O. The van der Waals surface area contributed by atoms with Crippen LogP contribution in [0.2, 0.25) is 0 Å². The van der Waals surface area contributed by atoms with Crippen LogP contribution in [-0.2, 0) is 11.4 Å². The highest BCUT2D eigenvalue weighted by Gasteiger charge is 2.18. The molecule has 2 aromatic carbocycles. The molecule has 0 fully saturated rings.